The van der Waals surface area contributed by atoms with Crippen molar-refractivity contribution in [3.8, 4) is 17.2 Å². The van der Waals surface area contributed by atoms with Crippen LogP contribution in [-0.4, -0.2) is 37.2 Å². The van der Waals surface area contributed by atoms with Gasteiger partial charge >= 0.3 is 0 Å². The first-order chi connectivity index (χ1) is 13.6. The normalized spacial score (nSPS) is 15.4. The number of imide groups is 1. The van der Waals surface area contributed by atoms with Crippen molar-refractivity contribution in [3.05, 3.63) is 53.7 Å². The highest BCUT2D eigenvalue weighted by Crippen LogP contribution is 2.38. The molecule has 7 heteroatoms. The van der Waals surface area contributed by atoms with E-state index in [2.05, 4.69) is 5.32 Å². The van der Waals surface area contributed by atoms with Crippen molar-refractivity contribution in [2.75, 3.05) is 25.8 Å². The van der Waals surface area contributed by atoms with Gasteiger partial charge in [-0.05, 0) is 24.6 Å². The van der Waals surface area contributed by atoms with Crippen molar-refractivity contribution in [1.82, 2.24) is 4.90 Å². The van der Waals surface area contributed by atoms with Crippen LogP contribution in [0.3, 0.4) is 0 Å². The first-order valence-electron chi connectivity index (χ1n) is 9.04. The van der Waals surface area contributed by atoms with E-state index in [0.29, 0.717) is 47.0 Å². The maximum atomic E-state index is 13.1. The zero-order valence-electron chi connectivity index (χ0n) is 15.7. The van der Waals surface area contributed by atoms with Crippen molar-refractivity contribution in [1.29, 1.82) is 0 Å². The summed E-state index contributed by atoms with van der Waals surface area (Å²) in [5.41, 5.74) is 1.73. The largest absolute Gasteiger partial charge is 0.496 e. The molecule has 7 nitrogen and oxygen atoms in total. The number of anilines is 1. The smallest absolute Gasteiger partial charge is 0.278 e. The molecule has 2 heterocycles. The van der Waals surface area contributed by atoms with E-state index in [0.717, 1.165) is 0 Å². The molecule has 1 N–H and O–H groups in total. The van der Waals surface area contributed by atoms with E-state index >= 15 is 0 Å². The predicted octanol–water partition coefficient (Wildman–Crippen LogP) is 3.03. The first kappa shape index (κ1) is 17.9. The minimum Gasteiger partial charge on any atom is -0.496 e. The van der Waals surface area contributed by atoms with E-state index in [4.69, 9.17) is 14.2 Å². The Morgan fingerprint density at radius 2 is 1.86 bits per heavy atom. The Morgan fingerprint density at radius 3 is 2.64 bits per heavy atom. The Kier molecular flexibility index (Phi) is 4.65. The first-order valence-corrected chi connectivity index (χ1v) is 9.04. The summed E-state index contributed by atoms with van der Waals surface area (Å²) < 4.78 is 16.1. The highest BCUT2D eigenvalue weighted by atomic mass is 16.7. The van der Waals surface area contributed by atoms with Gasteiger partial charge in [0.2, 0.25) is 6.79 Å². The number of rotatable bonds is 6. The average Bonchev–Trinajstić information content (AvgIpc) is 3.26. The van der Waals surface area contributed by atoms with Gasteiger partial charge in [-0.15, -0.1) is 0 Å². The minimum absolute atomic E-state index is 0.162. The lowest BCUT2D eigenvalue weighted by Crippen LogP contribution is -2.33. The van der Waals surface area contributed by atoms with Crippen molar-refractivity contribution >= 4 is 23.1 Å². The third-order valence-corrected chi connectivity index (χ3v) is 4.63. The standard InChI is InChI=1S/C21H20N2O5/c1-3-10-23-20(24)18(14-6-4-5-7-15(14)26-2)19(21(23)25)22-13-8-9-16-17(11-13)28-12-27-16/h4-9,11,22H,3,10,12H2,1-2H3. The fourth-order valence-corrected chi connectivity index (χ4v) is 3.34. The van der Waals surface area contributed by atoms with Crippen LogP contribution in [0.1, 0.15) is 18.9 Å². The summed E-state index contributed by atoms with van der Waals surface area (Å²) >= 11 is 0. The van der Waals surface area contributed by atoms with Gasteiger partial charge in [-0.2, -0.15) is 0 Å². The summed E-state index contributed by atoms with van der Waals surface area (Å²) in [6, 6.07) is 12.5. The number of carbonyl (C=O) groups is 2. The number of carbonyl (C=O) groups excluding carboxylic acids is 2. The summed E-state index contributed by atoms with van der Waals surface area (Å²) in [6.45, 7) is 2.44. The van der Waals surface area contributed by atoms with Crippen molar-refractivity contribution in [2.45, 2.75) is 13.3 Å². The molecule has 2 aliphatic heterocycles. The van der Waals surface area contributed by atoms with Crippen LogP contribution in [0.4, 0.5) is 5.69 Å². The second-order valence-electron chi connectivity index (χ2n) is 6.41. The highest BCUT2D eigenvalue weighted by Gasteiger charge is 2.39. The van der Waals surface area contributed by atoms with Crippen LogP contribution in [-0.2, 0) is 9.59 Å². The number of fused-ring (bicyclic) bond motifs is 1. The molecule has 4 rings (SSSR count). The number of hydrogen-bond acceptors (Lipinski definition) is 6. The summed E-state index contributed by atoms with van der Waals surface area (Å²) in [5, 5.41) is 3.12. The molecule has 2 aliphatic rings. The van der Waals surface area contributed by atoms with Gasteiger partial charge in [0, 0.05) is 23.9 Å². The zero-order chi connectivity index (χ0) is 19.7. The Labute approximate surface area is 162 Å². The van der Waals surface area contributed by atoms with Crippen molar-refractivity contribution in [2.24, 2.45) is 0 Å². The number of benzene rings is 2. The van der Waals surface area contributed by atoms with E-state index in [1.807, 2.05) is 19.1 Å². The van der Waals surface area contributed by atoms with Crippen LogP contribution in [0.15, 0.2) is 48.2 Å². The van der Waals surface area contributed by atoms with Crippen LogP contribution in [0.2, 0.25) is 0 Å². The number of amides is 2. The van der Waals surface area contributed by atoms with E-state index < -0.39 is 0 Å². The van der Waals surface area contributed by atoms with Crippen LogP contribution < -0.4 is 19.5 Å². The van der Waals surface area contributed by atoms with Gasteiger partial charge in [0.1, 0.15) is 11.4 Å². The highest BCUT2D eigenvalue weighted by molar-refractivity contribution is 6.37. The summed E-state index contributed by atoms with van der Waals surface area (Å²) in [4.78, 5) is 27.3. The molecule has 2 aromatic carbocycles. The number of methoxy groups -OCH3 is 1. The van der Waals surface area contributed by atoms with Gasteiger partial charge in [0.15, 0.2) is 11.5 Å². The van der Waals surface area contributed by atoms with Gasteiger partial charge in [-0.1, -0.05) is 25.1 Å². The molecule has 0 aromatic heterocycles. The second-order valence-corrected chi connectivity index (χ2v) is 6.41. The Bertz CT molecular complexity index is 983. The van der Waals surface area contributed by atoms with E-state index in [-0.39, 0.29) is 24.3 Å². The summed E-state index contributed by atoms with van der Waals surface area (Å²) in [6.07, 6.45) is 0.675. The molecule has 28 heavy (non-hydrogen) atoms. The molecule has 0 aliphatic carbocycles. The van der Waals surface area contributed by atoms with Crippen molar-refractivity contribution in [3.63, 3.8) is 0 Å². The molecular formula is C21H20N2O5. The SMILES string of the molecule is CCCN1C(=O)C(Nc2ccc3c(c2)OCO3)=C(c2ccccc2OC)C1=O. The Hall–Kier alpha value is -3.48. The molecule has 0 saturated carbocycles. The molecule has 0 bridgehead atoms. The third-order valence-electron chi connectivity index (χ3n) is 4.63. The van der Waals surface area contributed by atoms with Gasteiger partial charge in [0.25, 0.3) is 11.8 Å². The number of ether oxygens (including phenoxy) is 3. The molecular weight excluding hydrogens is 360 g/mol. The maximum Gasteiger partial charge on any atom is 0.278 e. The average molecular weight is 380 g/mol. The number of hydrogen-bond donors (Lipinski definition) is 1. The molecule has 0 saturated heterocycles. The molecule has 0 radical (unpaired) electrons. The Morgan fingerprint density at radius 1 is 1.07 bits per heavy atom. The summed E-state index contributed by atoms with van der Waals surface area (Å²) in [7, 11) is 1.54. The molecule has 144 valence electrons. The van der Waals surface area contributed by atoms with Gasteiger partial charge in [-0.25, -0.2) is 0 Å². The van der Waals surface area contributed by atoms with Crippen LogP contribution >= 0.6 is 0 Å². The second kappa shape index (κ2) is 7.26. The monoisotopic (exact) mass is 380 g/mol. The topological polar surface area (TPSA) is 77.1 Å². The third kappa shape index (κ3) is 2.94. The predicted molar refractivity (Wildman–Crippen MR) is 103 cm³/mol. The number of nitrogens with zero attached hydrogens (tertiary/aromatic N) is 1. The fourth-order valence-electron chi connectivity index (χ4n) is 3.34. The fraction of sp³-hybridized carbons (Fsp3) is 0.238. The van der Waals surface area contributed by atoms with Crippen LogP contribution in [0.5, 0.6) is 17.2 Å². The van der Waals surface area contributed by atoms with Crippen molar-refractivity contribution < 1.29 is 23.8 Å². The van der Waals surface area contributed by atoms with Crippen LogP contribution in [0, 0.1) is 0 Å². The zero-order valence-corrected chi connectivity index (χ0v) is 15.7. The van der Waals surface area contributed by atoms with E-state index in [9.17, 15) is 9.59 Å². The van der Waals surface area contributed by atoms with Crippen LogP contribution in [0.25, 0.3) is 5.57 Å². The van der Waals surface area contributed by atoms with Gasteiger partial charge < -0.3 is 19.5 Å². The Balaban J connectivity index is 1.79. The molecule has 0 fully saturated rings. The quantitative estimate of drug-likeness (QED) is 0.777. The minimum atomic E-state index is -0.356. The van der Waals surface area contributed by atoms with E-state index in [1.165, 1.54) is 12.0 Å². The lowest BCUT2D eigenvalue weighted by atomic mass is 10.0. The number of para-hydroxylation sites is 1. The molecule has 0 atom stereocenters. The molecule has 2 aromatic rings. The van der Waals surface area contributed by atoms with E-state index in [1.54, 1.807) is 30.3 Å². The summed E-state index contributed by atoms with van der Waals surface area (Å²) in [5.74, 6) is 1.07. The molecule has 0 unspecified atom stereocenters. The lowest BCUT2D eigenvalue weighted by Gasteiger charge is -2.14. The van der Waals surface area contributed by atoms with Gasteiger partial charge in [-0.3, -0.25) is 14.5 Å². The maximum absolute atomic E-state index is 13.1. The molecule has 2 amide bonds. The number of nitrogens with one attached hydrogen (secondary N) is 1. The van der Waals surface area contributed by atoms with Gasteiger partial charge in [0.05, 0.1) is 12.7 Å². The molecule has 0 spiro atoms. The lowest BCUT2D eigenvalue weighted by molar-refractivity contribution is -0.136.